The molecule has 1 unspecified atom stereocenters. The van der Waals surface area contributed by atoms with Crippen molar-refractivity contribution in [2.24, 2.45) is 14.1 Å². The number of anilines is 1. The third-order valence-corrected chi connectivity index (χ3v) is 4.89. The van der Waals surface area contributed by atoms with Gasteiger partial charge in [0, 0.05) is 20.6 Å². The molecule has 0 radical (unpaired) electrons. The van der Waals surface area contributed by atoms with E-state index in [1.807, 2.05) is 19.9 Å². The number of carbonyl (C=O) groups excluding carboxylic acids is 1. The van der Waals surface area contributed by atoms with E-state index >= 15 is 0 Å². The molecule has 0 aromatic carbocycles. The molecular formula is C18H26N6O3. The highest BCUT2D eigenvalue weighted by molar-refractivity contribution is 5.94. The fourth-order valence-corrected chi connectivity index (χ4v) is 3.27. The van der Waals surface area contributed by atoms with Gasteiger partial charge in [-0.05, 0) is 33.2 Å². The molecule has 0 aliphatic carbocycles. The fraction of sp³-hybridized carbons (Fsp3) is 0.556. The van der Waals surface area contributed by atoms with Crippen LogP contribution in [0.25, 0.3) is 11.2 Å². The molecule has 146 valence electrons. The lowest BCUT2D eigenvalue weighted by molar-refractivity contribution is -0.118. The Kier molecular flexibility index (Phi) is 5.31. The summed E-state index contributed by atoms with van der Waals surface area (Å²) in [7, 11) is 3.00. The topological polar surface area (TPSA) is 103 Å². The number of aromatic nitrogens is 4. The Morgan fingerprint density at radius 1 is 1.26 bits per heavy atom. The van der Waals surface area contributed by atoms with Gasteiger partial charge in [0.25, 0.3) is 5.56 Å². The molecule has 9 nitrogen and oxygen atoms in total. The third-order valence-electron chi connectivity index (χ3n) is 4.89. The van der Waals surface area contributed by atoms with Crippen LogP contribution in [0.4, 0.5) is 5.95 Å². The van der Waals surface area contributed by atoms with Gasteiger partial charge in [0.05, 0.1) is 6.04 Å². The van der Waals surface area contributed by atoms with Gasteiger partial charge in [-0.25, -0.2) is 4.79 Å². The number of rotatable bonds is 4. The quantitative estimate of drug-likeness (QED) is 0.758. The zero-order valence-corrected chi connectivity index (χ0v) is 16.2. The third kappa shape index (κ3) is 3.59. The van der Waals surface area contributed by atoms with Crippen molar-refractivity contribution in [2.75, 3.05) is 11.9 Å². The van der Waals surface area contributed by atoms with E-state index in [4.69, 9.17) is 0 Å². The number of allylic oxidation sites excluding steroid dienone is 2. The summed E-state index contributed by atoms with van der Waals surface area (Å²) in [4.78, 5) is 42.0. The lowest BCUT2D eigenvalue weighted by Crippen LogP contribution is -2.43. The largest absolute Gasteiger partial charge is 0.332 e. The van der Waals surface area contributed by atoms with Crippen LogP contribution in [-0.2, 0) is 25.4 Å². The van der Waals surface area contributed by atoms with Crippen molar-refractivity contribution < 1.29 is 4.79 Å². The first-order chi connectivity index (χ1) is 12.8. The van der Waals surface area contributed by atoms with E-state index < -0.39 is 11.2 Å². The molecule has 9 heteroatoms. The van der Waals surface area contributed by atoms with E-state index in [0.29, 0.717) is 12.1 Å². The Labute approximate surface area is 156 Å². The lowest BCUT2D eigenvalue weighted by atomic mass is 10.0. The summed E-state index contributed by atoms with van der Waals surface area (Å²) in [6.45, 7) is 5.09. The lowest BCUT2D eigenvalue weighted by Gasteiger charge is -2.22. The van der Waals surface area contributed by atoms with E-state index in [2.05, 4.69) is 15.6 Å². The normalized spacial score (nSPS) is 17.1. The second-order valence-corrected chi connectivity index (χ2v) is 7.20. The Balaban J connectivity index is 2.11. The smallest absolute Gasteiger partial charge is 0.306 e. The molecule has 0 bridgehead atoms. The first kappa shape index (κ1) is 19.1. The predicted octanol–water partition coefficient (Wildman–Crippen LogP) is 0.481. The van der Waals surface area contributed by atoms with Crippen LogP contribution < -0.4 is 21.9 Å². The number of piperidine rings is 1. The van der Waals surface area contributed by atoms with E-state index in [0.717, 1.165) is 35.9 Å². The van der Waals surface area contributed by atoms with Crippen LogP contribution in [0.1, 0.15) is 33.1 Å². The van der Waals surface area contributed by atoms with Gasteiger partial charge in [0.1, 0.15) is 0 Å². The SMILES string of the molecule is CC(C)=CCn1c(NC(=O)C2CCCCN2)nc2c1c(=O)n(C)c(=O)n2C. The average Bonchev–Trinajstić information content (AvgIpc) is 3.01. The van der Waals surface area contributed by atoms with E-state index in [1.54, 1.807) is 11.6 Å². The predicted molar refractivity (Wildman–Crippen MR) is 104 cm³/mol. The molecule has 1 fully saturated rings. The zero-order valence-electron chi connectivity index (χ0n) is 16.2. The fourth-order valence-electron chi connectivity index (χ4n) is 3.27. The zero-order chi connectivity index (χ0) is 19.7. The van der Waals surface area contributed by atoms with Crippen molar-refractivity contribution in [3.05, 3.63) is 32.5 Å². The minimum absolute atomic E-state index is 0.176. The van der Waals surface area contributed by atoms with Crippen molar-refractivity contribution in [1.82, 2.24) is 24.0 Å². The molecule has 2 aromatic heterocycles. The van der Waals surface area contributed by atoms with Crippen molar-refractivity contribution in [3.8, 4) is 0 Å². The summed E-state index contributed by atoms with van der Waals surface area (Å²) in [5.41, 5.74) is 0.746. The van der Waals surface area contributed by atoms with E-state index in [-0.39, 0.29) is 23.5 Å². The minimum Gasteiger partial charge on any atom is -0.306 e. The van der Waals surface area contributed by atoms with Crippen LogP contribution in [0, 0.1) is 0 Å². The molecular weight excluding hydrogens is 348 g/mol. The van der Waals surface area contributed by atoms with Crippen molar-refractivity contribution in [3.63, 3.8) is 0 Å². The number of aryl methyl sites for hydroxylation is 1. The second-order valence-electron chi connectivity index (χ2n) is 7.20. The second kappa shape index (κ2) is 7.51. The number of fused-ring (bicyclic) bond motifs is 1. The molecule has 2 N–H and O–H groups in total. The van der Waals surface area contributed by atoms with Crippen LogP contribution in [-0.4, -0.2) is 37.2 Å². The van der Waals surface area contributed by atoms with Crippen LogP contribution in [0.5, 0.6) is 0 Å². The number of nitrogens with one attached hydrogen (secondary N) is 2. The Bertz CT molecular complexity index is 1020. The molecule has 3 rings (SSSR count). The van der Waals surface area contributed by atoms with Crippen LogP contribution in [0.2, 0.25) is 0 Å². The van der Waals surface area contributed by atoms with Gasteiger partial charge in [-0.2, -0.15) is 4.98 Å². The Morgan fingerprint density at radius 2 is 2.00 bits per heavy atom. The van der Waals surface area contributed by atoms with Crippen molar-refractivity contribution in [2.45, 2.75) is 45.7 Å². The monoisotopic (exact) mass is 374 g/mol. The van der Waals surface area contributed by atoms with Crippen molar-refractivity contribution >= 4 is 23.0 Å². The highest BCUT2D eigenvalue weighted by atomic mass is 16.2. The Morgan fingerprint density at radius 3 is 2.63 bits per heavy atom. The first-order valence-corrected chi connectivity index (χ1v) is 9.15. The summed E-state index contributed by atoms with van der Waals surface area (Å²) < 4.78 is 4.03. The molecule has 1 saturated heterocycles. The van der Waals surface area contributed by atoms with Gasteiger partial charge >= 0.3 is 5.69 Å². The van der Waals surface area contributed by atoms with E-state index in [1.165, 1.54) is 11.6 Å². The van der Waals surface area contributed by atoms with E-state index in [9.17, 15) is 14.4 Å². The Hall–Kier alpha value is -2.68. The standard InChI is InChI=1S/C18H26N6O3/c1-11(2)8-10-24-13-14(22(3)18(27)23(4)16(13)26)20-17(24)21-15(25)12-7-5-6-9-19-12/h8,12,19H,5-7,9-10H2,1-4H3,(H,20,21,25). The molecule has 2 aromatic rings. The number of hydrogen-bond donors (Lipinski definition) is 2. The van der Waals surface area contributed by atoms with Gasteiger partial charge in [0.2, 0.25) is 11.9 Å². The van der Waals surface area contributed by atoms with Crippen LogP contribution in [0.3, 0.4) is 0 Å². The molecule has 3 heterocycles. The molecule has 1 aliphatic heterocycles. The number of imidazole rings is 1. The van der Waals surface area contributed by atoms with Gasteiger partial charge in [0.15, 0.2) is 11.2 Å². The van der Waals surface area contributed by atoms with Gasteiger partial charge < -0.3 is 9.88 Å². The maximum atomic E-state index is 12.7. The van der Waals surface area contributed by atoms with Gasteiger partial charge in [-0.15, -0.1) is 0 Å². The summed E-state index contributed by atoms with van der Waals surface area (Å²) in [6, 6.07) is -0.276. The maximum Gasteiger partial charge on any atom is 0.332 e. The minimum atomic E-state index is -0.453. The molecule has 0 spiro atoms. The molecule has 1 aliphatic rings. The van der Waals surface area contributed by atoms with Crippen LogP contribution in [0.15, 0.2) is 21.2 Å². The molecule has 1 amide bonds. The summed E-state index contributed by atoms with van der Waals surface area (Å²) in [5.74, 6) is 0.100. The number of nitrogens with zero attached hydrogens (tertiary/aromatic N) is 4. The molecule has 1 atom stereocenters. The highest BCUT2D eigenvalue weighted by Gasteiger charge is 2.24. The highest BCUT2D eigenvalue weighted by Crippen LogP contribution is 2.17. The summed E-state index contributed by atoms with van der Waals surface area (Å²) in [5, 5.41) is 6.05. The number of carbonyl (C=O) groups is 1. The average molecular weight is 374 g/mol. The van der Waals surface area contributed by atoms with Gasteiger partial charge in [-0.1, -0.05) is 18.1 Å². The summed E-state index contributed by atoms with van der Waals surface area (Å²) in [6.07, 6.45) is 4.76. The summed E-state index contributed by atoms with van der Waals surface area (Å²) >= 11 is 0. The van der Waals surface area contributed by atoms with Gasteiger partial charge in [-0.3, -0.25) is 24.0 Å². The maximum absolute atomic E-state index is 12.7. The molecule has 27 heavy (non-hydrogen) atoms. The van der Waals surface area contributed by atoms with Crippen molar-refractivity contribution in [1.29, 1.82) is 0 Å². The van der Waals surface area contributed by atoms with Crippen LogP contribution >= 0.6 is 0 Å². The molecule has 0 saturated carbocycles. The first-order valence-electron chi connectivity index (χ1n) is 9.15. The number of hydrogen-bond acceptors (Lipinski definition) is 5. The number of amides is 1.